The van der Waals surface area contributed by atoms with Crippen molar-refractivity contribution in [3.63, 3.8) is 0 Å². The quantitative estimate of drug-likeness (QED) is 0.0211. The van der Waals surface area contributed by atoms with Gasteiger partial charge in [0.15, 0.2) is 6.10 Å². The fourth-order valence-corrected chi connectivity index (χ4v) is 8.36. The summed E-state index contributed by atoms with van der Waals surface area (Å²) in [4.78, 5) is 37.4. The Morgan fingerprint density at radius 2 is 0.773 bits per heavy atom. The van der Waals surface area contributed by atoms with Crippen LogP contribution >= 0.6 is 0 Å². The largest absolute Gasteiger partial charge is 0.477 e. The predicted octanol–water partition coefficient (Wildman–Crippen LogP) is 16.2. The SMILES string of the molecule is CCCCCCCC/C=C\CCCCCCCCCC(=O)OC(COC(=O)CCCCCCCCCCCCCCCCCCCCCCCCCC)COC(OCC[N+](C)(C)C)C(=O)O. The molecule has 0 aromatic carbocycles. The van der Waals surface area contributed by atoms with Crippen LogP contribution in [0.25, 0.3) is 0 Å². The molecule has 0 fully saturated rings. The highest BCUT2D eigenvalue weighted by Gasteiger charge is 2.25. The third-order valence-corrected chi connectivity index (χ3v) is 12.8. The van der Waals surface area contributed by atoms with Crippen molar-refractivity contribution < 1.29 is 42.9 Å². The first-order valence-electron chi connectivity index (χ1n) is 28.4. The lowest BCUT2D eigenvalue weighted by Crippen LogP contribution is -2.40. The van der Waals surface area contributed by atoms with Crippen molar-refractivity contribution in [2.24, 2.45) is 0 Å². The van der Waals surface area contributed by atoms with Gasteiger partial charge in [0.1, 0.15) is 13.2 Å². The molecule has 0 aromatic rings. The van der Waals surface area contributed by atoms with Crippen LogP contribution < -0.4 is 0 Å². The molecule has 0 amide bonds. The number of ether oxygens (including phenoxy) is 4. The lowest BCUT2D eigenvalue weighted by molar-refractivity contribution is -0.870. The Morgan fingerprint density at radius 1 is 0.439 bits per heavy atom. The van der Waals surface area contributed by atoms with Crippen LogP contribution in [0.5, 0.6) is 0 Å². The molecule has 0 radical (unpaired) electrons. The highest BCUT2D eigenvalue weighted by Crippen LogP contribution is 2.17. The molecule has 0 saturated heterocycles. The average molecular weight is 938 g/mol. The normalized spacial score (nSPS) is 12.8. The number of esters is 2. The van der Waals surface area contributed by atoms with E-state index >= 15 is 0 Å². The maximum atomic E-state index is 12.8. The van der Waals surface area contributed by atoms with E-state index in [1.54, 1.807) is 0 Å². The first-order valence-corrected chi connectivity index (χ1v) is 28.4. The van der Waals surface area contributed by atoms with Crippen molar-refractivity contribution in [2.45, 2.75) is 289 Å². The van der Waals surface area contributed by atoms with Crippen molar-refractivity contribution in [3.05, 3.63) is 12.2 Å². The van der Waals surface area contributed by atoms with Crippen molar-refractivity contribution >= 4 is 17.9 Å². The number of rotatable bonds is 53. The number of hydrogen-bond donors (Lipinski definition) is 1. The Bertz CT molecular complexity index is 1090. The molecular formula is C57H110NO8+. The fraction of sp³-hybridized carbons (Fsp3) is 0.912. The van der Waals surface area contributed by atoms with Gasteiger partial charge in [0.25, 0.3) is 6.29 Å². The molecule has 0 aliphatic rings. The van der Waals surface area contributed by atoms with Crippen LogP contribution in [0, 0.1) is 0 Å². The molecule has 2 unspecified atom stereocenters. The van der Waals surface area contributed by atoms with Crippen LogP contribution in [0.3, 0.4) is 0 Å². The van der Waals surface area contributed by atoms with E-state index in [1.807, 2.05) is 21.1 Å². The summed E-state index contributed by atoms with van der Waals surface area (Å²) in [5, 5.41) is 9.69. The fourth-order valence-electron chi connectivity index (χ4n) is 8.36. The predicted molar refractivity (Wildman–Crippen MR) is 277 cm³/mol. The molecule has 390 valence electrons. The van der Waals surface area contributed by atoms with Gasteiger partial charge in [0.2, 0.25) is 0 Å². The van der Waals surface area contributed by atoms with Crippen LogP contribution in [0.1, 0.15) is 277 Å². The maximum Gasteiger partial charge on any atom is 0.361 e. The van der Waals surface area contributed by atoms with E-state index in [0.29, 0.717) is 17.4 Å². The lowest BCUT2D eigenvalue weighted by atomic mass is 10.0. The highest BCUT2D eigenvalue weighted by atomic mass is 16.7. The summed E-state index contributed by atoms with van der Waals surface area (Å²) in [5.41, 5.74) is 0. The van der Waals surface area contributed by atoms with Crippen LogP contribution in [0.15, 0.2) is 12.2 Å². The zero-order valence-corrected chi connectivity index (χ0v) is 44.4. The summed E-state index contributed by atoms with van der Waals surface area (Å²) in [5.74, 6) is -1.99. The molecule has 0 spiro atoms. The minimum absolute atomic E-state index is 0.177. The molecule has 1 N–H and O–H groups in total. The van der Waals surface area contributed by atoms with Crippen LogP contribution in [-0.4, -0.2) is 87.4 Å². The molecule has 9 nitrogen and oxygen atoms in total. The number of aliphatic carboxylic acids is 1. The summed E-state index contributed by atoms with van der Waals surface area (Å²) < 4.78 is 22.9. The number of hydrogen-bond acceptors (Lipinski definition) is 7. The average Bonchev–Trinajstić information content (AvgIpc) is 3.28. The lowest BCUT2D eigenvalue weighted by Gasteiger charge is -2.25. The van der Waals surface area contributed by atoms with Gasteiger partial charge in [-0.15, -0.1) is 0 Å². The van der Waals surface area contributed by atoms with Gasteiger partial charge in [-0.3, -0.25) is 9.59 Å². The molecule has 0 aromatic heterocycles. The van der Waals surface area contributed by atoms with Gasteiger partial charge in [-0.25, -0.2) is 4.79 Å². The molecule has 0 aliphatic heterocycles. The maximum absolute atomic E-state index is 12.8. The minimum Gasteiger partial charge on any atom is -0.477 e. The number of carbonyl (C=O) groups excluding carboxylic acids is 2. The molecule has 2 atom stereocenters. The molecule has 66 heavy (non-hydrogen) atoms. The number of carbonyl (C=O) groups is 3. The highest BCUT2D eigenvalue weighted by molar-refractivity contribution is 5.71. The summed E-state index contributed by atoms with van der Waals surface area (Å²) >= 11 is 0. The van der Waals surface area contributed by atoms with Crippen LogP contribution in [0.2, 0.25) is 0 Å². The van der Waals surface area contributed by atoms with Gasteiger partial charge < -0.3 is 28.5 Å². The van der Waals surface area contributed by atoms with E-state index in [0.717, 1.165) is 51.4 Å². The van der Waals surface area contributed by atoms with Gasteiger partial charge >= 0.3 is 17.9 Å². The van der Waals surface area contributed by atoms with E-state index in [1.165, 1.54) is 199 Å². The Balaban J connectivity index is 4.20. The molecule has 0 aliphatic carbocycles. The van der Waals surface area contributed by atoms with Crippen LogP contribution in [-0.2, 0) is 33.3 Å². The molecular weight excluding hydrogens is 827 g/mol. The van der Waals surface area contributed by atoms with E-state index in [4.69, 9.17) is 18.9 Å². The first kappa shape index (κ1) is 64.0. The number of likely N-dealkylation sites (N-methyl/N-ethyl adjacent to an activating group) is 1. The monoisotopic (exact) mass is 937 g/mol. The zero-order chi connectivity index (χ0) is 48.4. The molecule has 9 heteroatoms. The Kier molecular flexibility index (Phi) is 48.0. The van der Waals surface area contributed by atoms with Crippen molar-refractivity contribution in [1.82, 2.24) is 0 Å². The number of carboxylic acid groups (broad SMARTS) is 1. The number of quaternary nitrogens is 1. The smallest absolute Gasteiger partial charge is 0.361 e. The van der Waals surface area contributed by atoms with Crippen molar-refractivity contribution in [1.29, 1.82) is 0 Å². The zero-order valence-electron chi connectivity index (χ0n) is 44.4. The standard InChI is InChI=1S/C57H109NO8/c1-6-8-10-12-14-16-18-20-22-24-25-26-27-28-29-30-32-33-35-37-39-41-43-45-47-54(59)64-51-53(52-65-57(56(61)62)63-50-49-58(3,4)5)66-55(60)48-46-44-42-40-38-36-34-31-23-21-19-17-15-13-11-9-7-2/h21,23,53,57H,6-20,22,24-52H2,1-5H3/p+1/b23-21-. The summed E-state index contributed by atoms with van der Waals surface area (Å²) in [6.07, 6.45) is 52.9. The third-order valence-electron chi connectivity index (χ3n) is 12.8. The number of allylic oxidation sites excluding steroid dienone is 2. The molecule has 0 bridgehead atoms. The summed E-state index contributed by atoms with van der Waals surface area (Å²) in [6.45, 7) is 4.92. The van der Waals surface area contributed by atoms with Gasteiger partial charge in [-0.2, -0.15) is 0 Å². The third kappa shape index (κ3) is 49.9. The van der Waals surface area contributed by atoms with Gasteiger partial charge in [0, 0.05) is 12.8 Å². The van der Waals surface area contributed by atoms with Gasteiger partial charge in [-0.1, -0.05) is 238 Å². The summed E-state index contributed by atoms with van der Waals surface area (Å²) in [7, 11) is 5.97. The Hall–Kier alpha value is -1.97. The molecule has 0 heterocycles. The second kappa shape index (κ2) is 49.5. The topological polar surface area (TPSA) is 108 Å². The second-order valence-electron chi connectivity index (χ2n) is 20.6. The first-order chi connectivity index (χ1) is 32.1. The van der Waals surface area contributed by atoms with E-state index < -0.39 is 24.3 Å². The molecule has 0 saturated carbocycles. The number of carboxylic acids is 1. The van der Waals surface area contributed by atoms with E-state index in [9.17, 15) is 19.5 Å². The number of nitrogens with zero attached hydrogens (tertiary/aromatic N) is 1. The van der Waals surface area contributed by atoms with E-state index in [-0.39, 0.29) is 32.2 Å². The Morgan fingerprint density at radius 3 is 1.12 bits per heavy atom. The number of unbranched alkanes of at least 4 members (excludes halogenated alkanes) is 36. The Labute approximate surface area is 408 Å². The summed E-state index contributed by atoms with van der Waals surface area (Å²) in [6, 6.07) is 0. The minimum atomic E-state index is -1.51. The van der Waals surface area contributed by atoms with Gasteiger partial charge in [-0.05, 0) is 38.5 Å². The van der Waals surface area contributed by atoms with Crippen molar-refractivity contribution in [2.75, 3.05) is 47.5 Å². The molecule has 0 rings (SSSR count). The van der Waals surface area contributed by atoms with Crippen LogP contribution in [0.4, 0.5) is 0 Å². The van der Waals surface area contributed by atoms with Gasteiger partial charge in [0.05, 0.1) is 34.4 Å². The van der Waals surface area contributed by atoms with Crippen molar-refractivity contribution in [3.8, 4) is 0 Å². The second-order valence-corrected chi connectivity index (χ2v) is 20.6. The van der Waals surface area contributed by atoms with E-state index in [2.05, 4.69) is 26.0 Å².